The maximum Gasteiger partial charge on any atom is 1.00 e. The summed E-state index contributed by atoms with van der Waals surface area (Å²) in [5.41, 5.74) is 0. The van der Waals surface area contributed by atoms with E-state index < -0.39 is 21.9 Å². The Hall–Kier alpha value is 0.486. The molecule has 18 heavy (non-hydrogen) atoms. The summed E-state index contributed by atoms with van der Waals surface area (Å²) in [6.45, 7) is 0.711. The Morgan fingerprint density at radius 3 is 2.22 bits per heavy atom. The summed E-state index contributed by atoms with van der Waals surface area (Å²) < 4.78 is 27.3. The first-order valence-corrected chi connectivity index (χ1v) is 6.11. The number of carbonyl (C=O) groups is 1. The van der Waals surface area contributed by atoms with Crippen LogP contribution in [0, 0.1) is 0 Å². The van der Waals surface area contributed by atoms with Crippen LogP contribution >= 0.6 is 11.6 Å². The van der Waals surface area contributed by atoms with E-state index in [4.69, 9.17) is 16.7 Å². The van der Waals surface area contributed by atoms with Crippen molar-refractivity contribution in [2.24, 2.45) is 0 Å². The second kappa shape index (κ2) is 6.77. The summed E-state index contributed by atoms with van der Waals surface area (Å²) in [5, 5.41) is 18.1. The summed E-state index contributed by atoms with van der Waals surface area (Å²) in [7, 11) is -4.37. The Labute approximate surface area is 153 Å². The van der Waals surface area contributed by atoms with E-state index in [1.807, 2.05) is 0 Å². The molecule has 6 nitrogen and oxygen atoms in total. The van der Waals surface area contributed by atoms with Crippen LogP contribution in [-0.4, -0.2) is 30.4 Å². The van der Waals surface area contributed by atoms with Gasteiger partial charge in [0, 0.05) is 11.9 Å². The molecule has 96 valence electrons. The first-order valence-electron chi connectivity index (χ1n) is 4.32. The fraction of sp³-hybridized carbons (Fsp3) is 0.222. The fourth-order valence-electron chi connectivity index (χ4n) is 0.899. The molecule has 1 atom stereocenters. The van der Waals surface area contributed by atoms with Crippen LogP contribution in [0.4, 0.5) is 0 Å². The Kier molecular flexibility index (Phi) is 6.96. The molecule has 0 radical (unpaired) electrons. The van der Waals surface area contributed by atoms with Gasteiger partial charge < -0.3 is 11.6 Å². The first kappa shape index (κ1) is 18.5. The molecule has 2 N–H and O–H groups in total. The second-order valence-corrected chi connectivity index (χ2v) is 5.26. The molecule has 9 heteroatoms. The van der Waals surface area contributed by atoms with Gasteiger partial charge in [0.15, 0.2) is 0 Å². The molecule has 1 aromatic rings. The predicted octanol–water partition coefficient (Wildman–Crippen LogP) is -2.05. The van der Waals surface area contributed by atoms with Crippen LogP contribution in [0.25, 0.3) is 0 Å². The number of aliphatic hydroxyl groups is 1. The van der Waals surface area contributed by atoms with Crippen molar-refractivity contribution in [3.8, 4) is 0 Å². The van der Waals surface area contributed by atoms with Crippen molar-refractivity contribution < 1.29 is 80.4 Å². The average Bonchev–Trinajstić information content (AvgIpc) is 2.16. The first-order chi connectivity index (χ1) is 7.65. The Morgan fingerprint density at radius 1 is 1.39 bits per heavy atom. The third-order valence-electron chi connectivity index (χ3n) is 1.77. The van der Waals surface area contributed by atoms with Crippen LogP contribution in [0.1, 0.15) is 8.35 Å². The van der Waals surface area contributed by atoms with Gasteiger partial charge >= 0.3 is 57.4 Å². The van der Waals surface area contributed by atoms with Crippen LogP contribution in [0.5, 0.6) is 0 Å². The minimum Gasteiger partial charge on any atom is -1.00 e. The van der Waals surface area contributed by atoms with Crippen molar-refractivity contribution in [2.75, 3.05) is 0 Å². The van der Waals surface area contributed by atoms with E-state index in [2.05, 4.69) is 4.18 Å². The van der Waals surface area contributed by atoms with Crippen LogP contribution in [0.2, 0.25) is 5.02 Å². The molecule has 0 aromatic heterocycles. The summed E-state index contributed by atoms with van der Waals surface area (Å²) >= 11 is 5.57. The normalized spacial score (nSPS) is 14.4. The molecular formula is C9H10ClKO6S. The molecule has 0 bridgehead atoms. The zero-order chi connectivity index (χ0) is 13.3. The zero-order valence-corrected chi connectivity index (χ0v) is 14.3. The minimum absolute atomic E-state index is 0. The molecule has 0 aliphatic rings. The van der Waals surface area contributed by atoms with Crippen LogP contribution in [-0.2, 0) is 19.1 Å². The zero-order valence-electron chi connectivity index (χ0n) is 10.6. The molecule has 0 amide bonds. The minimum atomic E-state index is -4.37. The van der Waals surface area contributed by atoms with Crippen LogP contribution < -0.4 is 51.4 Å². The maximum absolute atomic E-state index is 11.6. The van der Waals surface area contributed by atoms with Gasteiger partial charge in [0.25, 0.3) is 15.9 Å². The summed E-state index contributed by atoms with van der Waals surface area (Å²) in [4.78, 5) is 10.2. The van der Waals surface area contributed by atoms with Gasteiger partial charge in [-0.3, -0.25) is 0 Å². The number of benzene rings is 1. The third kappa shape index (κ3) is 4.87. The van der Waals surface area contributed by atoms with E-state index >= 15 is 0 Å². The van der Waals surface area contributed by atoms with Gasteiger partial charge in [0.1, 0.15) is 0 Å². The van der Waals surface area contributed by atoms with E-state index in [9.17, 15) is 18.3 Å². The Balaban J connectivity index is 0. The largest absolute Gasteiger partial charge is 1.00 e. The molecular weight excluding hydrogens is 311 g/mol. The van der Waals surface area contributed by atoms with Crippen molar-refractivity contribution >= 4 is 27.7 Å². The van der Waals surface area contributed by atoms with E-state index in [0.717, 1.165) is 12.1 Å². The summed E-state index contributed by atoms with van der Waals surface area (Å²) in [6, 6.07) is 4.87. The molecule has 1 aromatic carbocycles. The van der Waals surface area contributed by atoms with Crippen molar-refractivity contribution in [2.45, 2.75) is 17.6 Å². The molecule has 0 saturated carbocycles. The second-order valence-electron chi connectivity index (χ2n) is 3.28. The van der Waals surface area contributed by atoms with Crippen molar-refractivity contribution in [3.05, 3.63) is 29.3 Å². The van der Waals surface area contributed by atoms with E-state index in [-0.39, 0.29) is 57.7 Å². The molecule has 0 fully saturated rings. The number of halogens is 1. The predicted molar refractivity (Wildman–Crippen MR) is 59.1 cm³/mol. The fourth-order valence-corrected chi connectivity index (χ4v) is 2.09. The molecule has 0 aliphatic carbocycles. The van der Waals surface area contributed by atoms with Gasteiger partial charge in [-0.15, -0.1) is 0 Å². The standard InChI is InChI=1S/C9H9ClO6S.K.H/c1-9(13,8(11)12)16-17(14,15)7-4-2-6(10)3-5-7;;/h2-5,13H,1H3,(H,11,12);;/q;+1;-1. The van der Waals surface area contributed by atoms with E-state index in [1.54, 1.807) is 0 Å². The summed E-state index contributed by atoms with van der Waals surface area (Å²) in [5.74, 6) is -4.63. The molecule has 0 spiro atoms. The Morgan fingerprint density at radius 2 is 1.83 bits per heavy atom. The number of hydrogen-bond donors (Lipinski definition) is 2. The van der Waals surface area contributed by atoms with Gasteiger partial charge in [0.05, 0.1) is 4.90 Å². The van der Waals surface area contributed by atoms with Gasteiger partial charge in [-0.05, 0) is 24.3 Å². The van der Waals surface area contributed by atoms with Gasteiger partial charge in [0.2, 0.25) is 0 Å². The van der Waals surface area contributed by atoms with E-state index in [1.165, 1.54) is 12.1 Å². The van der Waals surface area contributed by atoms with Crippen LogP contribution in [0.15, 0.2) is 29.2 Å². The number of aliphatic carboxylic acids is 1. The molecule has 1 unspecified atom stereocenters. The summed E-state index contributed by atoms with van der Waals surface area (Å²) in [6.07, 6.45) is 0. The smallest absolute Gasteiger partial charge is 1.00 e. The van der Waals surface area contributed by atoms with Gasteiger partial charge in [-0.2, -0.15) is 8.42 Å². The van der Waals surface area contributed by atoms with Gasteiger partial charge in [-0.25, -0.2) is 8.98 Å². The third-order valence-corrected chi connectivity index (χ3v) is 3.42. The van der Waals surface area contributed by atoms with Gasteiger partial charge in [-0.1, -0.05) is 11.6 Å². The number of rotatable bonds is 4. The van der Waals surface area contributed by atoms with Crippen molar-refractivity contribution in [1.29, 1.82) is 0 Å². The van der Waals surface area contributed by atoms with Crippen molar-refractivity contribution in [3.63, 3.8) is 0 Å². The number of carboxylic acid groups (broad SMARTS) is 1. The average molecular weight is 321 g/mol. The molecule has 0 heterocycles. The monoisotopic (exact) mass is 320 g/mol. The quantitative estimate of drug-likeness (QED) is 0.376. The van der Waals surface area contributed by atoms with Crippen molar-refractivity contribution in [1.82, 2.24) is 0 Å². The van der Waals surface area contributed by atoms with E-state index in [0.29, 0.717) is 11.9 Å². The molecule has 1 rings (SSSR count). The number of hydrogen-bond acceptors (Lipinski definition) is 5. The maximum atomic E-state index is 11.6. The topological polar surface area (TPSA) is 101 Å². The van der Waals surface area contributed by atoms with Crippen LogP contribution in [0.3, 0.4) is 0 Å². The molecule has 0 saturated heterocycles. The SMILES string of the molecule is CC(O)(OS(=O)(=O)c1ccc(Cl)cc1)C(=O)O.[H-].[K+]. The molecule has 0 aliphatic heterocycles. The Bertz CT molecular complexity index is 530. The number of carboxylic acids is 1.